The first kappa shape index (κ1) is 39.1. The van der Waals surface area contributed by atoms with Crippen molar-refractivity contribution in [1.82, 2.24) is 0 Å². The lowest BCUT2D eigenvalue weighted by molar-refractivity contribution is -0.142. The van der Waals surface area contributed by atoms with Gasteiger partial charge < -0.3 is 39.4 Å². The van der Waals surface area contributed by atoms with E-state index in [9.17, 15) is 56.4 Å². The number of carbonyl (C=O) groups excluding carboxylic acids is 2. The Morgan fingerprint density at radius 1 is 0.692 bits per heavy atom. The molecule has 0 radical (unpaired) electrons. The van der Waals surface area contributed by atoms with Gasteiger partial charge in [-0.1, -0.05) is 36.4 Å². The molecule has 0 amide bonds. The summed E-state index contributed by atoms with van der Waals surface area (Å²) >= 11 is 0. The van der Waals surface area contributed by atoms with Gasteiger partial charge in [0, 0.05) is 36.5 Å². The maximum atomic E-state index is 12.7. The van der Waals surface area contributed by atoms with Gasteiger partial charge in [-0.3, -0.25) is 9.59 Å². The highest BCUT2D eigenvalue weighted by atomic mass is 19.4. The molecule has 2 saturated carbocycles. The van der Waals surface area contributed by atoms with E-state index in [0.717, 1.165) is 24.3 Å². The minimum absolute atomic E-state index is 0.00281. The number of alkyl halides is 6. The molecule has 2 aromatic rings. The standard InChI is InChI=1S/2C18H19F3O5/c2*19-18(20,21)10-2-1-3-12(6-10)25-9-11(22)4-5-13-14-7-17(24)26-16(14)8-15(13)23/h2*1-6,11,13-16,22-23H,7-9H2/b2*5-4+/t11-,13+,14+,15+,16-;11-,13-,14-,15-,16+/m01/s1. The summed E-state index contributed by atoms with van der Waals surface area (Å²) in [7, 11) is 0. The van der Waals surface area contributed by atoms with E-state index in [4.69, 9.17) is 18.9 Å². The molecule has 0 bridgehead atoms. The Morgan fingerprint density at radius 2 is 1.08 bits per heavy atom. The van der Waals surface area contributed by atoms with Crippen LogP contribution in [0.2, 0.25) is 0 Å². The third-order valence-electron chi connectivity index (χ3n) is 9.43. The van der Waals surface area contributed by atoms with Gasteiger partial charge >= 0.3 is 24.3 Å². The molecular weight excluding hydrogens is 706 g/mol. The lowest BCUT2D eigenvalue weighted by Crippen LogP contribution is -2.20. The van der Waals surface area contributed by atoms with E-state index in [2.05, 4.69) is 0 Å². The largest absolute Gasteiger partial charge is 0.491 e. The SMILES string of the molecule is O=C1C[C@@H]2[C@@H](/C=C/[C@@H](O)COc3cccc(C(F)(F)F)c3)[C@H](O)C[C@@H]2O1.O=C1C[C@@H]2[C@@H](/C=C/[C@H](O)COc3cccc(C(F)(F)F)c3)[C@H](O)C[C@@H]2O1. The fraction of sp³-hybridized carbons (Fsp3) is 0.500. The predicted molar refractivity (Wildman–Crippen MR) is 168 cm³/mol. The van der Waals surface area contributed by atoms with Crippen LogP contribution in [0.4, 0.5) is 26.3 Å². The van der Waals surface area contributed by atoms with Crippen molar-refractivity contribution < 1.29 is 75.3 Å². The van der Waals surface area contributed by atoms with E-state index in [0.29, 0.717) is 12.8 Å². The molecule has 2 saturated heterocycles. The number of ether oxygens (including phenoxy) is 4. The normalized spacial score (nSPS) is 29.7. The van der Waals surface area contributed by atoms with Crippen LogP contribution in [0.25, 0.3) is 0 Å². The van der Waals surface area contributed by atoms with Crippen LogP contribution in [0.15, 0.2) is 72.8 Å². The number of benzene rings is 2. The van der Waals surface area contributed by atoms with E-state index in [1.54, 1.807) is 12.2 Å². The number of hydrogen-bond acceptors (Lipinski definition) is 10. The van der Waals surface area contributed by atoms with Gasteiger partial charge in [-0.15, -0.1) is 0 Å². The second-order valence-electron chi connectivity index (χ2n) is 13.1. The van der Waals surface area contributed by atoms with Crippen LogP contribution in [0.3, 0.4) is 0 Å². The summed E-state index contributed by atoms with van der Waals surface area (Å²) < 4.78 is 96.6. The van der Waals surface area contributed by atoms with E-state index in [1.165, 1.54) is 36.4 Å². The topological polar surface area (TPSA) is 152 Å². The molecular formula is C36H38F6O10. The van der Waals surface area contributed by atoms with Gasteiger partial charge in [0.05, 0.1) is 36.2 Å². The van der Waals surface area contributed by atoms with E-state index in [-0.39, 0.29) is 85.4 Å². The number of halogens is 6. The number of aliphatic hydroxyl groups excluding tert-OH is 4. The Bertz CT molecular complexity index is 1490. The molecule has 2 aromatic carbocycles. The third kappa shape index (κ3) is 10.1. The quantitative estimate of drug-likeness (QED) is 0.154. The molecule has 10 nitrogen and oxygen atoms in total. The lowest BCUT2D eigenvalue weighted by atomic mass is 9.91. The monoisotopic (exact) mass is 744 g/mol. The second-order valence-corrected chi connectivity index (χ2v) is 13.1. The molecule has 0 aromatic heterocycles. The summed E-state index contributed by atoms with van der Waals surface area (Å²) in [4.78, 5) is 22.7. The molecule has 4 fully saturated rings. The minimum Gasteiger partial charge on any atom is -0.491 e. The second kappa shape index (κ2) is 16.3. The zero-order chi connectivity index (χ0) is 37.8. The first-order valence-electron chi connectivity index (χ1n) is 16.6. The Kier molecular flexibility index (Phi) is 12.2. The fourth-order valence-corrected chi connectivity index (χ4v) is 6.88. The van der Waals surface area contributed by atoms with Gasteiger partial charge in [-0.05, 0) is 36.4 Å². The molecule has 0 spiro atoms. The summed E-state index contributed by atoms with van der Waals surface area (Å²) in [5.41, 5.74) is -1.66. The first-order chi connectivity index (χ1) is 24.5. The lowest BCUT2D eigenvalue weighted by Gasteiger charge is -2.16. The van der Waals surface area contributed by atoms with Crippen LogP contribution in [0.1, 0.15) is 36.8 Å². The highest BCUT2D eigenvalue weighted by Crippen LogP contribution is 2.43. The third-order valence-corrected chi connectivity index (χ3v) is 9.43. The molecule has 52 heavy (non-hydrogen) atoms. The Hall–Kier alpha value is -4.12. The van der Waals surface area contributed by atoms with Crippen LogP contribution in [-0.4, -0.2) is 82.2 Å². The molecule has 6 rings (SSSR count). The average Bonchev–Trinajstić information content (AvgIpc) is 3.78. The maximum absolute atomic E-state index is 12.7. The first-order valence-corrected chi connectivity index (χ1v) is 16.6. The summed E-state index contributed by atoms with van der Waals surface area (Å²) in [5.74, 6) is -1.44. The summed E-state index contributed by atoms with van der Waals surface area (Å²) in [6.07, 6.45) is -5.70. The van der Waals surface area contributed by atoms with Crippen molar-refractivity contribution in [1.29, 1.82) is 0 Å². The molecule has 2 aliphatic carbocycles. The van der Waals surface area contributed by atoms with Crippen molar-refractivity contribution in [2.45, 2.75) is 74.7 Å². The zero-order valence-electron chi connectivity index (χ0n) is 27.5. The average molecular weight is 745 g/mol. The maximum Gasteiger partial charge on any atom is 0.416 e. The number of rotatable bonds is 10. The molecule has 4 N–H and O–H groups in total. The highest BCUT2D eigenvalue weighted by Gasteiger charge is 2.49. The molecule has 284 valence electrons. The predicted octanol–water partition coefficient (Wildman–Crippen LogP) is 4.63. The van der Waals surface area contributed by atoms with Gasteiger partial charge in [-0.25, -0.2) is 0 Å². The van der Waals surface area contributed by atoms with Gasteiger partial charge in [0.2, 0.25) is 0 Å². The van der Waals surface area contributed by atoms with Crippen molar-refractivity contribution in [2.75, 3.05) is 13.2 Å². The number of hydrogen-bond donors (Lipinski definition) is 4. The molecule has 16 heteroatoms. The Morgan fingerprint density at radius 3 is 1.44 bits per heavy atom. The van der Waals surface area contributed by atoms with Crippen LogP contribution < -0.4 is 9.47 Å². The highest BCUT2D eigenvalue weighted by molar-refractivity contribution is 5.73. The Balaban J connectivity index is 0.000000201. The molecule has 10 atom stereocenters. The fourth-order valence-electron chi connectivity index (χ4n) is 6.88. The van der Waals surface area contributed by atoms with Crippen LogP contribution in [0.5, 0.6) is 11.5 Å². The zero-order valence-corrected chi connectivity index (χ0v) is 27.5. The van der Waals surface area contributed by atoms with Crippen molar-refractivity contribution in [2.24, 2.45) is 23.7 Å². The molecule has 0 unspecified atom stereocenters. The minimum atomic E-state index is -4.46. The van der Waals surface area contributed by atoms with E-state index >= 15 is 0 Å². The van der Waals surface area contributed by atoms with E-state index in [1.807, 2.05) is 0 Å². The summed E-state index contributed by atoms with van der Waals surface area (Å²) in [6, 6.07) is 8.81. The molecule has 4 aliphatic rings. The van der Waals surface area contributed by atoms with Crippen LogP contribution in [0, 0.1) is 23.7 Å². The number of carbonyl (C=O) groups is 2. The number of aliphatic hydroxyl groups is 4. The van der Waals surface area contributed by atoms with Gasteiger partial charge in [0.15, 0.2) is 0 Å². The number of esters is 2. The van der Waals surface area contributed by atoms with Crippen molar-refractivity contribution in [3.8, 4) is 11.5 Å². The van der Waals surface area contributed by atoms with Crippen LogP contribution >= 0.6 is 0 Å². The van der Waals surface area contributed by atoms with Crippen molar-refractivity contribution in [3.63, 3.8) is 0 Å². The van der Waals surface area contributed by atoms with Crippen molar-refractivity contribution >= 4 is 11.9 Å². The molecule has 2 aliphatic heterocycles. The van der Waals surface area contributed by atoms with Crippen molar-refractivity contribution in [3.05, 3.63) is 84.0 Å². The smallest absolute Gasteiger partial charge is 0.416 e. The van der Waals surface area contributed by atoms with Gasteiger partial charge in [0.25, 0.3) is 0 Å². The Labute approximate surface area is 294 Å². The number of fused-ring (bicyclic) bond motifs is 2. The van der Waals surface area contributed by atoms with E-state index < -0.39 is 47.9 Å². The van der Waals surface area contributed by atoms with Gasteiger partial charge in [-0.2, -0.15) is 26.3 Å². The molecule has 2 heterocycles. The van der Waals surface area contributed by atoms with Gasteiger partial charge in [0.1, 0.15) is 49.1 Å². The van der Waals surface area contributed by atoms with Crippen LogP contribution in [-0.2, 0) is 31.4 Å². The summed E-state index contributed by atoms with van der Waals surface area (Å²) in [5, 5.41) is 40.0. The summed E-state index contributed by atoms with van der Waals surface area (Å²) in [6.45, 7) is -0.464.